The number of aliphatic hydroxyl groups excluding tert-OH is 1. The summed E-state index contributed by atoms with van der Waals surface area (Å²) < 4.78 is 0. The maximum absolute atomic E-state index is 11.9. The molecule has 0 atom stereocenters. The van der Waals surface area contributed by atoms with Gasteiger partial charge in [0.15, 0.2) is 0 Å². The molecule has 1 amide bonds. The molecule has 0 bridgehead atoms. The van der Waals surface area contributed by atoms with Crippen LogP contribution in [0.1, 0.15) is 27.3 Å². The van der Waals surface area contributed by atoms with Crippen molar-refractivity contribution in [3.63, 3.8) is 0 Å². The van der Waals surface area contributed by atoms with E-state index >= 15 is 0 Å². The number of H-pyrrole nitrogens is 1. The van der Waals surface area contributed by atoms with Crippen LogP contribution in [-0.2, 0) is 6.54 Å². The first-order valence-corrected chi connectivity index (χ1v) is 7.24. The number of thiophene rings is 1. The number of nitrogens with one attached hydrogen (secondary N) is 2. The highest BCUT2D eigenvalue weighted by Gasteiger charge is 2.09. The smallest absolute Gasteiger partial charge is 0.268 e. The summed E-state index contributed by atoms with van der Waals surface area (Å²) in [5, 5.41) is 13.9. The molecule has 0 aromatic carbocycles. The maximum atomic E-state index is 11.9. The van der Waals surface area contributed by atoms with E-state index < -0.39 is 0 Å². The summed E-state index contributed by atoms with van der Waals surface area (Å²) in [6, 6.07) is 3.48. The first-order valence-electron chi connectivity index (χ1n) is 5.99. The molecule has 104 valence electrons. The quantitative estimate of drug-likeness (QED) is 0.759. The van der Waals surface area contributed by atoms with Gasteiger partial charge in [-0.1, -0.05) is 23.4 Å². The van der Waals surface area contributed by atoms with Crippen molar-refractivity contribution in [2.45, 2.75) is 13.0 Å². The molecule has 0 aliphatic carbocycles. The van der Waals surface area contributed by atoms with Crippen molar-refractivity contribution in [1.82, 2.24) is 10.3 Å². The number of amides is 1. The third-order valence-electron chi connectivity index (χ3n) is 2.51. The topological polar surface area (TPSA) is 65.1 Å². The molecule has 3 N–H and O–H groups in total. The number of aromatic nitrogens is 1. The Morgan fingerprint density at radius 2 is 2.40 bits per heavy atom. The van der Waals surface area contributed by atoms with Crippen molar-refractivity contribution in [1.29, 1.82) is 0 Å². The average molecular weight is 309 g/mol. The number of hydrogen-bond acceptors (Lipinski definition) is 3. The van der Waals surface area contributed by atoms with E-state index in [1.807, 2.05) is 11.4 Å². The van der Waals surface area contributed by atoms with Gasteiger partial charge >= 0.3 is 0 Å². The number of rotatable bonds is 4. The number of aromatic amines is 1. The summed E-state index contributed by atoms with van der Waals surface area (Å²) in [6.07, 6.45) is 2.01. The van der Waals surface area contributed by atoms with Crippen LogP contribution < -0.4 is 5.32 Å². The molecule has 2 heterocycles. The van der Waals surface area contributed by atoms with Crippen LogP contribution in [0.2, 0.25) is 5.02 Å². The van der Waals surface area contributed by atoms with Gasteiger partial charge in [-0.25, -0.2) is 0 Å². The lowest BCUT2D eigenvalue weighted by Crippen LogP contribution is -2.22. The van der Waals surface area contributed by atoms with Gasteiger partial charge in [0.25, 0.3) is 5.91 Å². The van der Waals surface area contributed by atoms with Gasteiger partial charge < -0.3 is 15.4 Å². The minimum absolute atomic E-state index is 0.0524. The van der Waals surface area contributed by atoms with Gasteiger partial charge in [0.05, 0.1) is 18.2 Å². The highest BCUT2D eigenvalue weighted by atomic mass is 35.5. The first-order chi connectivity index (χ1) is 9.70. The highest BCUT2D eigenvalue weighted by molar-refractivity contribution is 7.10. The fraction of sp³-hybridized carbons (Fsp3) is 0.214. The van der Waals surface area contributed by atoms with Gasteiger partial charge in [-0.3, -0.25) is 4.79 Å². The molecule has 0 aliphatic rings. The van der Waals surface area contributed by atoms with Crippen LogP contribution in [0, 0.1) is 11.8 Å². The molecule has 0 radical (unpaired) electrons. The summed E-state index contributed by atoms with van der Waals surface area (Å²) in [4.78, 5) is 15.6. The molecular weight excluding hydrogens is 296 g/mol. The molecule has 2 aromatic heterocycles. The van der Waals surface area contributed by atoms with Crippen molar-refractivity contribution in [3.05, 3.63) is 44.9 Å². The number of halogens is 1. The minimum Gasteiger partial charge on any atom is -0.395 e. The summed E-state index contributed by atoms with van der Waals surface area (Å²) >= 11 is 7.29. The van der Waals surface area contributed by atoms with Gasteiger partial charge in [0.1, 0.15) is 5.69 Å². The van der Waals surface area contributed by atoms with E-state index in [9.17, 15) is 4.79 Å². The van der Waals surface area contributed by atoms with Crippen LogP contribution in [0.3, 0.4) is 0 Å². The molecule has 0 spiro atoms. The lowest BCUT2D eigenvalue weighted by Gasteiger charge is -2.02. The summed E-state index contributed by atoms with van der Waals surface area (Å²) in [7, 11) is 0. The molecular formula is C14H13ClN2O2S. The Bertz CT molecular complexity index is 651. The number of aliphatic hydroxyl groups is 1. The number of hydrogen-bond donors (Lipinski definition) is 3. The van der Waals surface area contributed by atoms with E-state index in [1.165, 1.54) is 11.3 Å². The molecule has 20 heavy (non-hydrogen) atoms. The van der Waals surface area contributed by atoms with Crippen molar-refractivity contribution in [2.24, 2.45) is 0 Å². The fourth-order valence-electron chi connectivity index (χ4n) is 1.56. The van der Waals surface area contributed by atoms with Gasteiger partial charge in [0, 0.05) is 23.1 Å². The monoisotopic (exact) mass is 308 g/mol. The standard InChI is InChI=1S/C14H13ClN2O2S/c15-11-7-12(16-8-11)14(19)17-9-13-10(4-6-20-13)3-1-2-5-18/h4,6-8,16,18H,2,5,9H2,(H,17,19). The fourth-order valence-corrected chi connectivity index (χ4v) is 2.49. The lowest BCUT2D eigenvalue weighted by molar-refractivity contribution is 0.0947. The predicted octanol–water partition coefficient (Wildman–Crippen LogP) is 2.39. The molecule has 0 saturated heterocycles. The molecule has 0 unspecified atom stereocenters. The molecule has 4 nitrogen and oxygen atoms in total. The first kappa shape index (κ1) is 14.7. The zero-order valence-electron chi connectivity index (χ0n) is 10.6. The Morgan fingerprint density at radius 1 is 1.55 bits per heavy atom. The zero-order chi connectivity index (χ0) is 14.4. The van der Waals surface area contributed by atoms with Gasteiger partial charge in [-0.05, 0) is 17.5 Å². The van der Waals surface area contributed by atoms with Gasteiger partial charge in [0.2, 0.25) is 0 Å². The van der Waals surface area contributed by atoms with Crippen LogP contribution in [0.25, 0.3) is 0 Å². The van der Waals surface area contributed by atoms with Crippen LogP contribution in [0.5, 0.6) is 0 Å². The largest absolute Gasteiger partial charge is 0.395 e. The molecule has 0 fully saturated rings. The molecule has 0 aliphatic heterocycles. The summed E-state index contributed by atoms with van der Waals surface area (Å²) in [6.45, 7) is 0.465. The second-order valence-corrected chi connectivity index (χ2v) is 5.38. The van der Waals surface area contributed by atoms with Crippen LogP contribution in [0.15, 0.2) is 23.7 Å². The molecule has 2 aromatic rings. The Balaban J connectivity index is 1.96. The van der Waals surface area contributed by atoms with Gasteiger partial charge in [-0.15, -0.1) is 11.3 Å². The van der Waals surface area contributed by atoms with Crippen LogP contribution in [0.4, 0.5) is 0 Å². The summed E-state index contributed by atoms with van der Waals surface area (Å²) in [5.74, 6) is 5.64. The third-order valence-corrected chi connectivity index (χ3v) is 3.65. The van der Waals surface area contributed by atoms with Crippen LogP contribution >= 0.6 is 22.9 Å². The lowest BCUT2D eigenvalue weighted by atomic mass is 10.2. The zero-order valence-corrected chi connectivity index (χ0v) is 12.1. The van der Waals surface area contributed by atoms with E-state index in [0.29, 0.717) is 23.7 Å². The predicted molar refractivity (Wildman–Crippen MR) is 79.9 cm³/mol. The Hall–Kier alpha value is -1.74. The van der Waals surface area contributed by atoms with Crippen molar-refractivity contribution in [2.75, 3.05) is 6.61 Å². The second-order valence-electron chi connectivity index (χ2n) is 3.95. The van der Waals surface area contributed by atoms with Crippen molar-refractivity contribution >= 4 is 28.8 Å². The van der Waals surface area contributed by atoms with E-state index in [2.05, 4.69) is 22.1 Å². The van der Waals surface area contributed by atoms with E-state index in [-0.39, 0.29) is 12.5 Å². The molecule has 0 saturated carbocycles. The SMILES string of the molecule is O=C(NCc1sccc1C#CCCO)c1cc(Cl)c[nH]1. The second kappa shape index (κ2) is 7.15. The van der Waals surface area contributed by atoms with E-state index in [4.69, 9.17) is 16.7 Å². The summed E-state index contributed by atoms with van der Waals surface area (Å²) in [5.41, 5.74) is 1.31. The van der Waals surface area contributed by atoms with Crippen molar-refractivity contribution < 1.29 is 9.90 Å². The Morgan fingerprint density at radius 3 is 3.10 bits per heavy atom. The third kappa shape index (κ3) is 3.87. The number of carbonyl (C=O) groups is 1. The maximum Gasteiger partial charge on any atom is 0.268 e. The van der Waals surface area contributed by atoms with Crippen LogP contribution in [-0.4, -0.2) is 22.6 Å². The normalized spacial score (nSPS) is 9.90. The van der Waals surface area contributed by atoms with E-state index in [0.717, 1.165) is 10.4 Å². The minimum atomic E-state index is -0.209. The highest BCUT2D eigenvalue weighted by Crippen LogP contribution is 2.16. The Kier molecular flexibility index (Phi) is 5.24. The number of carbonyl (C=O) groups excluding carboxylic acids is 1. The van der Waals surface area contributed by atoms with Gasteiger partial charge in [-0.2, -0.15) is 0 Å². The average Bonchev–Trinajstić information content (AvgIpc) is 3.05. The van der Waals surface area contributed by atoms with Crippen molar-refractivity contribution in [3.8, 4) is 11.8 Å². The van der Waals surface area contributed by atoms with E-state index in [1.54, 1.807) is 12.3 Å². The molecule has 6 heteroatoms. The molecule has 2 rings (SSSR count). The Labute approximate surface area is 125 Å².